The van der Waals surface area contributed by atoms with Gasteiger partial charge in [0.2, 0.25) is 11.8 Å². The number of hydrogen-bond donors (Lipinski definition) is 3. The lowest BCUT2D eigenvalue weighted by Crippen LogP contribution is -2.41. The smallest absolute Gasteiger partial charge is 0.411 e. The van der Waals surface area contributed by atoms with Gasteiger partial charge in [-0.05, 0) is 49.4 Å². The highest BCUT2D eigenvalue weighted by Crippen LogP contribution is 2.41. The lowest BCUT2D eigenvalue weighted by atomic mass is 10.0. The topological polar surface area (TPSA) is 153 Å². The zero-order valence-electron chi connectivity index (χ0n) is 22.1. The molecule has 3 aromatic rings. The van der Waals surface area contributed by atoms with Crippen LogP contribution in [-0.2, 0) is 28.9 Å². The normalized spacial score (nSPS) is 15.8. The third-order valence-corrected chi connectivity index (χ3v) is 10.3. The van der Waals surface area contributed by atoms with Gasteiger partial charge < -0.3 is 20.1 Å². The summed E-state index contributed by atoms with van der Waals surface area (Å²) in [6, 6.07) is 9.29. The first-order chi connectivity index (χ1) is 19.7. The Balaban J connectivity index is 1.36. The number of hydrogen-bond acceptors (Lipinski definition) is 9. The maximum absolute atomic E-state index is 15.2. The maximum Gasteiger partial charge on any atom is 0.411 e. The van der Waals surface area contributed by atoms with Gasteiger partial charge in [-0.25, -0.2) is 22.6 Å². The highest BCUT2D eigenvalue weighted by atomic mass is 32.2. The number of nitrogens with zero attached hydrogens (tertiary/aromatic N) is 1. The summed E-state index contributed by atoms with van der Waals surface area (Å²) < 4.78 is 52.0. The molecule has 1 atom stereocenters. The molecule has 1 unspecified atom stereocenters. The van der Waals surface area contributed by atoms with Gasteiger partial charge in [0.15, 0.2) is 15.1 Å². The van der Waals surface area contributed by atoms with Crippen molar-refractivity contribution in [1.29, 1.82) is 0 Å². The van der Waals surface area contributed by atoms with Crippen molar-refractivity contribution in [2.75, 3.05) is 32.2 Å². The standard InChI is InChI=1S/C27H29FN4O7S2/c1-38-10-11-39-27(35)31-17-4-2-15(3-5-17)19-12-22-21(13-20(19)28)32-26(40-22)24(41(36,37)18-8-9-18)25(34)29-14-23(33)30-16-6-7-16/h2-5,12-13,16,18,24H,6-11,14H2,1H3,(H,29,34)(H,30,33)(H,31,35). The second-order valence-electron chi connectivity index (χ2n) is 9.91. The molecular formula is C27H29FN4O7S2. The lowest BCUT2D eigenvalue weighted by Gasteiger charge is -2.15. The van der Waals surface area contributed by atoms with Gasteiger partial charge in [-0.1, -0.05) is 12.1 Å². The van der Waals surface area contributed by atoms with E-state index >= 15 is 4.39 Å². The van der Waals surface area contributed by atoms with Crippen molar-refractivity contribution >= 4 is 55.0 Å². The summed E-state index contributed by atoms with van der Waals surface area (Å²) in [5.41, 5.74) is 1.42. The van der Waals surface area contributed by atoms with Crippen LogP contribution in [0.5, 0.6) is 0 Å². The first kappa shape index (κ1) is 28.9. The van der Waals surface area contributed by atoms with E-state index in [1.54, 1.807) is 30.3 Å². The highest BCUT2D eigenvalue weighted by Gasteiger charge is 2.47. The highest BCUT2D eigenvalue weighted by molar-refractivity contribution is 7.93. The second-order valence-corrected chi connectivity index (χ2v) is 13.3. The number of aromatic nitrogens is 1. The summed E-state index contributed by atoms with van der Waals surface area (Å²) in [6.45, 7) is 0.0248. The third kappa shape index (κ3) is 7.00. The van der Waals surface area contributed by atoms with Crippen molar-refractivity contribution in [3.05, 3.63) is 47.2 Å². The molecule has 0 bridgehead atoms. The van der Waals surface area contributed by atoms with Crippen LogP contribution in [0.25, 0.3) is 21.3 Å². The maximum atomic E-state index is 15.2. The zero-order valence-corrected chi connectivity index (χ0v) is 23.8. The molecule has 0 saturated heterocycles. The summed E-state index contributed by atoms with van der Waals surface area (Å²) in [5.74, 6) is -1.80. The molecule has 0 aliphatic heterocycles. The van der Waals surface area contributed by atoms with Crippen LogP contribution in [0.15, 0.2) is 36.4 Å². The van der Waals surface area contributed by atoms with Crippen molar-refractivity contribution in [2.24, 2.45) is 0 Å². The van der Waals surface area contributed by atoms with E-state index in [4.69, 9.17) is 9.47 Å². The number of carbonyl (C=O) groups is 3. The number of halogens is 1. The van der Waals surface area contributed by atoms with Gasteiger partial charge in [0.25, 0.3) is 0 Å². The number of fused-ring (bicyclic) bond motifs is 1. The SMILES string of the molecule is COCCOC(=O)Nc1ccc(-c2cc3sc(C(C(=O)NCC(=O)NC4CC4)S(=O)(=O)C4CC4)nc3cc2F)cc1. The Morgan fingerprint density at radius 2 is 1.83 bits per heavy atom. The molecule has 11 nitrogen and oxygen atoms in total. The molecule has 218 valence electrons. The van der Waals surface area contributed by atoms with Crippen LogP contribution in [0.4, 0.5) is 14.9 Å². The van der Waals surface area contributed by atoms with Crippen LogP contribution < -0.4 is 16.0 Å². The van der Waals surface area contributed by atoms with E-state index in [0.717, 1.165) is 24.2 Å². The van der Waals surface area contributed by atoms with Crippen LogP contribution in [0.3, 0.4) is 0 Å². The summed E-state index contributed by atoms with van der Waals surface area (Å²) >= 11 is 0.997. The number of sulfone groups is 1. The Morgan fingerprint density at radius 3 is 2.49 bits per heavy atom. The fourth-order valence-corrected chi connectivity index (χ4v) is 7.57. The number of anilines is 1. The Hall–Kier alpha value is -3.62. The monoisotopic (exact) mass is 604 g/mol. The molecule has 3 N–H and O–H groups in total. The molecule has 3 amide bonds. The summed E-state index contributed by atoms with van der Waals surface area (Å²) in [4.78, 5) is 41.4. The largest absolute Gasteiger partial charge is 0.447 e. The van der Waals surface area contributed by atoms with Crippen LogP contribution in [0.2, 0.25) is 0 Å². The van der Waals surface area contributed by atoms with Gasteiger partial charge >= 0.3 is 6.09 Å². The molecule has 0 spiro atoms. The molecule has 14 heteroatoms. The molecule has 1 heterocycles. The fourth-order valence-electron chi connectivity index (χ4n) is 4.16. The Kier molecular flexibility index (Phi) is 8.52. The number of rotatable bonds is 12. The number of methoxy groups -OCH3 is 1. The molecule has 1 aromatic heterocycles. The lowest BCUT2D eigenvalue weighted by molar-refractivity contribution is -0.126. The van der Waals surface area contributed by atoms with Crippen LogP contribution in [0.1, 0.15) is 35.9 Å². The van der Waals surface area contributed by atoms with Crippen molar-refractivity contribution in [1.82, 2.24) is 15.6 Å². The summed E-state index contributed by atoms with van der Waals surface area (Å²) in [5, 5.41) is 5.54. The van der Waals surface area contributed by atoms with E-state index < -0.39 is 38.2 Å². The van der Waals surface area contributed by atoms with Gasteiger partial charge in [0.05, 0.1) is 28.6 Å². The van der Waals surface area contributed by atoms with E-state index in [1.165, 1.54) is 13.2 Å². The predicted octanol–water partition coefficient (Wildman–Crippen LogP) is 3.31. The van der Waals surface area contributed by atoms with Gasteiger partial charge in [-0.3, -0.25) is 14.9 Å². The van der Waals surface area contributed by atoms with Crippen molar-refractivity contribution in [2.45, 2.75) is 42.2 Å². The molecule has 2 aliphatic carbocycles. The minimum Gasteiger partial charge on any atom is -0.447 e. The number of amides is 3. The van der Waals surface area contributed by atoms with Gasteiger partial charge in [0, 0.05) is 30.5 Å². The molecule has 5 rings (SSSR count). The molecule has 2 aliphatic rings. The average Bonchev–Trinajstić information content (AvgIpc) is 3.86. The van der Waals surface area contributed by atoms with Gasteiger partial charge in [-0.2, -0.15) is 0 Å². The second kappa shape index (κ2) is 12.1. The fraction of sp³-hybridized carbons (Fsp3) is 0.407. The van der Waals surface area contributed by atoms with E-state index in [-0.39, 0.29) is 47.8 Å². The van der Waals surface area contributed by atoms with Gasteiger partial charge in [-0.15, -0.1) is 11.3 Å². The van der Waals surface area contributed by atoms with Crippen molar-refractivity contribution in [3.63, 3.8) is 0 Å². The first-order valence-electron chi connectivity index (χ1n) is 13.1. The third-order valence-electron chi connectivity index (χ3n) is 6.60. The number of benzene rings is 2. The number of thiazole rings is 1. The van der Waals surface area contributed by atoms with Gasteiger partial charge in [0.1, 0.15) is 17.4 Å². The van der Waals surface area contributed by atoms with E-state index in [2.05, 4.69) is 20.9 Å². The molecule has 2 fully saturated rings. The number of carbonyl (C=O) groups excluding carboxylic acids is 3. The molecule has 41 heavy (non-hydrogen) atoms. The predicted molar refractivity (Wildman–Crippen MR) is 151 cm³/mol. The van der Waals surface area contributed by atoms with E-state index in [9.17, 15) is 22.8 Å². The summed E-state index contributed by atoms with van der Waals surface area (Å²) in [6.07, 6.45) is 2.02. The summed E-state index contributed by atoms with van der Waals surface area (Å²) in [7, 11) is -2.43. The Bertz CT molecular complexity index is 1570. The van der Waals surface area contributed by atoms with Crippen LogP contribution >= 0.6 is 11.3 Å². The van der Waals surface area contributed by atoms with Crippen molar-refractivity contribution in [3.8, 4) is 11.1 Å². The quantitative estimate of drug-likeness (QED) is 0.266. The molecule has 2 aromatic carbocycles. The first-order valence-corrected chi connectivity index (χ1v) is 15.5. The zero-order chi connectivity index (χ0) is 29.1. The number of nitrogens with one attached hydrogen (secondary N) is 3. The van der Waals surface area contributed by atoms with Crippen molar-refractivity contribution < 1.29 is 36.7 Å². The minimum absolute atomic E-state index is 0.0232. The van der Waals surface area contributed by atoms with E-state index in [0.29, 0.717) is 28.8 Å². The molecule has 2 saturated carbocycles. The minimum atomic E-state index is -3.92. The molecular weight excluding hydrogens is 575 g/mol. The van der Waals surface area contributed by atoms with Crippen LogP contribution in [0, 0.1) is 5.82 Å². The molecule has 0 radical (unpaired) electrons. The Labute approximate surface area is 239 Å². The number of ether oxygens (including phenoxy) is 2. The Morgan fingerprint density at radius 1 is 1.10 bits per heavy atom. The van der Waals surface area contributed by atoms with Crippen LogP contribution in [-0.4, -0.2) is 69.5 Å². The average molecular weight is 605 g/mol. The van der Waals surface area contributed by atoms with E-state index in [1.807, 2.05) is 0 Å².